The lowest BCUT2D eigenvalue weighted by molar-refractivity contribution is -0.257. The third-order valence-electron chi connectivity index (χ3n) is 13.3. The summed E-state index contributed by atoms with van der Waals surface area (Å²) in [5.74, 6) is 2.18. The summed E-state index contributed by atoms with van der Waals surface area (Å²) < 4.78 is 23.0. The number of esters is 1. The van der Waals surface area contributed by atoms with E-state index >= 15 is 0 Å². The Bertz CT molecular complexity index is 1090. The van der Waals surface area contributed by atoms with Gasteiger partial charge in [-0.15, -0.1) is 6.58 Å². The molecule has 0 aromatic rings. The Morgan fingerprint density at radius 2 is 1.73 bits per heavy atom. The van der Waals surface area contributed by atoms with Crippen molar-refractivity contribution in [3.63, 3.8) is 0 Å². The quantitative estimate of drug-likeness (QED) is 0.0252. The van der Waals surface area contributed by atoms with Crippen LogP contribution in [-0.4, -0.2) is 63.5 Å². The Hall–Kier alpha value is -1.45. The lowest BCUT2D eigenvalue weighted by Crippen LogP contribution is -2.52. The highest BCUT2D eigenvalue weighted by molar-refractivity contribution is 5.98. The molecule has 4 rings (SSSR count). The van der Waals surface area contributed by atoms with Crippen molar-refractivity contribution in [1.29, 1.82) is 0 Å². The van der Waals surface area contributed by atoms with Gasteiger partial charge in [0.2, 0.25) is 0 Å². The molecule has 0 aromatic carbocycles. The summed E-state index contributed by atoms with van der Waals surface area (Å²) in [6.45, 7) is 12.3. The van der Waals surface area contributed by atoms with E-state index in [0.29, 0.717) is 25.6 Å². The van der Waals surface area contributed by atoms with Crippen LogP contribution in [0.5, 0.6) is 0 Å². The second-order valence-electron chi connectivity index (χ2n) is 16.7. The van der Waals surface area contributed by atoms with E-state index in [1.165, 1.54) is 83.5 Å². The van der Waals surface area contributed by atoms with Crippen LogP contribution in [0.3, 0.4) is 0 Å². The van der Waals surface area contributed by atoms with Crippen LogP contribution in [0, 0.1) is 28.6 Å². The molecule has 0 aliphatic heterocycles. The zero-order valence-electron chi connectivity index (χ0n) is 32.5. The third-order valence-corrected chi connectivity index (χ3v) is 13.3. The normalized spacial score (nSPS) is 31.4. The fourth-order valence-electron chi connectivity index (χ4n) is 10.2. The van der Waals surface area contributed by atoms with Crippen molar-refractivity contribution in [1.82, 2.24) is 0 Å². The Morgan fingerprint density at radius 3 is 2.47 bits per heavy atom. The van der Waals surface area contributed by atoms with Crippen molar-refractivity contribution in [3.8, 4) is 0 Å². The van der Waals surface area contributed by atoms with Crippen LogP contribution in [0.4, 0.5) is 0 Å². The summed E-state index contributed by atoms with van der Waals surface area (Å²) in [5, 5.41) is 8.47. The molecule has 4 aliphatic carbocycles. The van der Waals surface area contributed by atoms with Crippen molar-refractivity contribution in [2.24, 2.45) is 28.6 Å². The number of unbranched alkanes of at least 4 members (excludes halogenated alkanes) is 10. The average molecular weight is 711 g/mol. The largest absolute Gasteiger partial charge is 0.462 e. The van der Waals surface area contributed by atoms with Crippen molar-refractivity contribution in [2.45, 2.75) is 180 Å². The highest BCUT2D eigenvalue weighted by Crippen LogP contribution is 2.66. The predicted octanol–water partition coefficient (Wildman–Crippen LogP) is 10.4. The molecule has 8 heteroatoms. The van der Waals surface area contributed by atoms with Crippen LogP contribution in [0.2, 0.25) is 0 Å². The number of hydrogen-bond donors (Lipinski definition) is 1. The first-order chi connectivity index (χ1) is 24.8. The molecule has 51 heavy (non-hydrogen) atoms. The number of ether oxygens (including phenoxy) is 3. The smallest absolute Gasteiger partial charge is 0.306 e. The van der Waals surface area contributed by atoms with Gasteiger partial charge in [-0.25, -0.2) is 4.89 Å². The molecular weight excluding hydrogens is 639 g/mol. The highest BCUT2D eigenvalue weighted by atomic mass is 17.1. The third kappa shape index (κ3) is 12.0. The first-order valence-electron chi connectivity index (χ1n) is 20.8. The number of carbonyl (C=O) groups excluding carboxylic acids is 1. The van der Waals surface area contributed by atoms with Gasteiger partial charge >= 0.3 is 5.97 Å². The van der Waals surface area contributed by atoms with Gasteiger partial charge in [-0.3, -0.25) is 10.1 Å². The van der Waals surface area contributed by atoms with Gasteiger partial charge < -0.3 is 18.9 Å². The molecule has 0 saturated heterocycles. The Balaban J connectivity index is 1.13. The first kappa shape index (κ1) is 42.3. The van der Waals surface area contributed by atoms with Crippen LogP contribution in [0.1, 0.15) is 156 Å². The van der Waals surface area contributed by atoms with Gasteiger partial charge in [0.25, 0.3) is 8.05 Å². The summed E-state index contributed by atoms with van der Waals surface area (Å²) in [4.78, 5) is 16.8. The van der Waals surface area contributed by atoms with Crippen molar-refractivity contribution < 1.29 is 33.8 Å². The van der Waals surface area contributed by atoms with Crippen LogP contribution in [0.15, 0.2) is 36.5 Å². The second-order valence-corrected chi connectivity index (χ2v) is 16.7. The lowest BCUT2D eigenvalue weighted by atomic mass is 9.47. The molecule has 3 unspecified atom stereocenters. The minimum atomic E-state index is -0.440. The van der Waals surface area contributed by atoms with E-state index in [1.807, 2.05) is 6.08 Å². The molecule has 0 bridgehead atoms. The van der Waals surface area contributed by atoms with Gasteiger partial charge in [0.1, 0.15) is 12.7 Å². The van der Waals surface area contributed by atoms with E-state index in [9.17, 15) is 4.79 Å². The SMILES string of the molecule is [B]OC(COO)COCCCCCCCCC/C=C\C(C=C)OC1C=C2CC[C@H]3[C@@H]4CC[C@H](OC(=O)CCCCCC)[C@@]4(C)CC[C@@H]3[C@@]2(C)CC1. The first-order valence-corrected chi connectivity index (χ1v) is 20.8. The van der Waals surface area contributed by atoms with Crippen LogP contribution in [0.25, 0.3) is 0 Å². The van der Waals surface area contributed by atoms with E-state index in [1.54, 1.807) is 5.57 Å². The highest BCUT2D eigenvalue weighted by Gasteiger charge is 2.60. The maximum Gasteiger partial charge on any atom is 0.306 e. The van der Waals surface area contributed by atoms with Crippen molar-refractivity contribution in [3.05, 3.63) is 36.5 Å². The Labute approximate surface area is 312 Å². The molecule has 0 amide bonds. The Kier molecular flexibility index (Phi) is 18.3. The monoisotopic (exact) mass is 711 g/mol. The molecule has 7 nitrogen and oxygen atoms in total. The van der Waals surface area contributed by atoms with Crippen molar-refractivity contribution in [2.75, 3.05) is 19.8 Å². The van der Waals surface area contributed by atoms with Gasteiger partial charge in [0.15, 0.2) is 0 Å². The number of allylic oxidation sites excluding steroid dienone is 2. The zero-order valence-corrected chi connectivity index (χ0v) is 32.5. The van der Waals surface area contributed by atoms with E-state index < -0.39 is 6.10 Å². The molecule has 0 aromatic heterocycles. The van der Waals surface area contributed by atoms with E-state index in [2.05, 4.69) is 55.1 Å². The predicted molar refractivity (Wildman–Crippen MR) is 205 cm³/mol. The molecular formula is C43H71BO7. The standard InChI is InChI=1S/C43H71BO7/c1-5-7-8-17-20-41(45)50-40-24-23-38-37-22-21-33-30-35(25-27-42(33,3)39(37)26-28-43(38,40)4)49-34(6-2)19-16-14-12-10-9-11-13-15-18-29-47-31-36(51-44)32-48-46/h6,16,19,30,34-40,46H,2,5,7-15,17-18,20-29,31-32H2,1,3-4H3/b19-16-/t34?,35?,36?,37-,38-,39-,40-,42-,43-/m0/s1. The summed E-state index contributed by atoms with van der Waals surface area (Å²) in [6, 6.07) is 0. The molecule has 1 N–H and O–H groups in total. The van der Waals surface area contributed by atoms with Crippen molar-refractivity contribution >= 4 is 14.0 Å². The van der Waals surface area contributed by atoms with Gasteiger partial charge in [0.05, 0.1) is 24.9 Å². The fraction of sp³-hybridized carbons (Fsp3) is 0.837. The molecule has 2 radical (unpaired) electrons. The molecule has 9 atom stereocenters. The van der Waals surface area contributed by atoms with E-state index in [4.69, 9.17) is 27.5 Å². The summed E-state index contributed by atoms with van der Waals surface area (Å²) in [7, 11) is 5.14. The molecule has 3 fully saturated rings. The minimum Gasteiger partial charge on any atom is -0.462 e. The maximum absolute atomic E-state index is 12.8. The number of fused-ring (bicyclic) bond motifs is 5. The molecule has 4 aliphatic rings. The topological polar surface area (TPSA) is 83.5 Å². The molecule has 288 valence electrons. The van der Waals surface area contributed by atoms with Crippen LogP contribution in [-0.2, 0) is 28.5 Å². The maximum atomic E-state index is 12.8. The van der Waals surface area contributed by atoms with E-state index in [0.717, 1.165) is 56.8 Å². The number of rotatable bonds is 25. The van der Waals surface area contributed by atoms with E-state index in [-0.39, 0.29) is 41.7 Å². The second kappa shape index (κ2) is 22.1. The average Bonchev–Trinajstić information content (AvgIpc) is 3.46. The molecule has 0 spiro atoms. The summed E-state index contributed by atoms with van der Waals surface area (Å²) in [5.41, 5.74) is 2.05. The molecule has 3 saturated carbocycles. The molecule has 0 heterocycles. The Morgan fingerprint density at radius 1 is 0.961 bits per heavy atom. The van der Waals surface area contributed by atoms with Gasteiger partial charge in [-0.05, 0) is 100 Å². The van der Waals surface area contributed by atoms with Gasteiger partial charge in [-0.1, -0.05) is 102 Å². The van der Waals surface area contributed by atoms with Crippen LogP contribution < -0.4 is 0 Å². The fourth-order valence-corrected chi connectivity index (χ4v) is 10.2. The van der Waals surface area contributed by atoms with Gasteiger partial charge in [-0.2, -0.15) is 0 Å². The number of carbonyl (C=O) groups is 1. The minimum absolute atomic E-state index is 0.00997. The van der Waals surface area contributed by atoms with Gasteiger partial charge in [0, 0.05) is 18.4 Å². The lowest BCUT2D eigenvalue weighted by Gasteiger charge is -2.58. The summed E-state index contributed by atoms with van der Waals surface area (Å²) >= 11 is 0. The van der Waals surface area contributed by atoms with Crippen LogP contribution >= 0.6 is 0 Å². The number of hydrogen-bond acceptors (Lipinski definition) is 7. The zero-order chi connectivity index (χ0) is 36.5. The summed E-state index contributed by atoms with van der Waals surface area (Å²) in [6.07, 6.45) is 32.7.